The quantitative estimate of drug-likeness (QED) is 0.833. The van der Waals surface area contributed by atoms with Crippen molar-refractivity contribution in [3.8, 4) is 0 Å². The van der Waals surface area contributed by atoms with Gasteiger partial charge in [-0.15, -0.1) is 0 Å². The lowest BCUT2D eigenvalue weighted by molar-refractivity contribution is -0.144. The SMILES string of the molecule is N=CCC(=O)N1CC[C@@]12CCN(c1ncnc3[nH]ccc13)C2. The fourth-order valence-electron chi connectivity index (χ4n) is 3.70. The summed E-state index contributed by atoms with van der Waals surface area (Å²) in [6.07, 6.45) is 6.85. The fraction of sp³-hybridized carbons (Fsp3) is 0.467. The normalized spacial score (nSPS) is 24.0. The molecule has 2 aromatic rings. The predicted octanol–water partition coefficient (Wildman–Crippen LogP) is 1.18. The van der Waals surface area contributed by atoms with Gasteiger partial charge in [-0.05, 0) is 18.9 Å². The zero-order valence-electron chi connectivity index (χ0n) is 12.2. The molecule has 0 aromatic carbocycles. The smallest absolute Gasteiger partial charge is 0.228 e. The summed E-state index contributed by atoms with van der Waals surface area (Å²) in [5, 5.41) is 8.15. The Balaban J connectivity index is 1.59. The third-order valence-corrected chi connectivity index (χ3v) is 4.92. The number of hydrogen-bond donors (Lipinski definition) is 2. The number of carbonyl (C=O) groups is 1. The Labute approximate surface area is 127 Å². The van der Waals surface area contributed by atoms with E-state index in [-0.39, 0.29) is 17.9 Å². The van der Waals surface area contributed by atoms with Crippen LogP contribution in [-0.2, 0) is 4.79 Å². The molecule has 7 heteroatoms. The summed E-state index contributed by atoms with van der Waals surface area (Å²) in [7, 11) is 0. The maximum absolute atomic E-state index is 12.1. The molecule has 0 unspecified atom stereocenters. The standard InChI is InChI=1S/C15H18N6O/c16-5-1-12(22)21-8-4-15(21)3-7-20(9-15)14-11-2-6-17-13(11)18-10-19-14/h2,5-6,10,16H,1,3-4,7-9H2,(H,17,18,19)/t15-/m1/s1. The average Bonchev–Trinajstić information content (AvgIpc) is 3.14. The molecular weight excluding hydrogens is 280 g/mol. The van der Waals surface area contributed by atoms with E-state index in [1.807, 2.05) is 17.2 Å². The Kier molecular flexibility index (Phi) is 2.88. The van der Waals surface area contributed by atoms with Crippen LogP contribution >= 0.6 is 0 Å². The van der Waals surface area contributed by atoms with E-state index in [9.17, 15) is 4.79 Å². The highest BCUT2D eigenvalue weighted by Gasteiger charge is 2.51. The monoisotopic (exact) mass is 298 g/mol. The number of likely N-dealkylation sites (tertiary alicyclic amines) is 1. The summed E-state index contributed by atoms with van der Waals surface area (Å²) in [5.41, 5.74) is 0.782. The van der Waals surface area contributed by atoms with Crippen molar-refractivity contribution < 1.29 is 4.79 Å². The maximum Gasteiger partial charge on any atom is 0.228 e. The zero-order chi connectivity index (χ0) is 15.2. The van der Waals surface area contributed by atoms with Crippen LogP contribution in [0.1, 0.15) is 19.3 Å². The highest BCUT2D eigenvalue weighted by atomic mass is 16.2. The van der Waals surface area contributed by atoms with Crippen LogP contribution in [0.5, 0.6) is 0 Å². The van der Waals surface area contributed by atoms with Gasteiger partial charge in [0.1, 0.15) is 17.8 Å². The first-order valence-corrected chi connectivity index (χ1v) is 7.56. The topological polar surface area (TPSA) is 89.0 Å². The number of amides is 1. The number of carbonyl (C=O) groups excluding carboxylic acids is 1. The van der Waals surface area contributed by atoms with E-state index in [4.69, 9.17) is 5.41 Å². The third kappa shape index (κ3) is 1.81. The average molecular weight is 298 g/mol. The summed E-state index contributed by atoms with van der Waals surface area (Å²) in [4.78, 5) is 28.1. The third-order valence-electron chi connectivity index (χ3n) is 4.92. The molecule has 7 nitrogen and oxygen atoms in total. The van der Waals surface area contributed by atoms with Gasteiger partial charge in [0, 0.05) is 32.0 Å². The van der Waals surface area contributed by atoms with E-state index in [1.165, 1.54) is 6.21 Å². The molecule has 2 aliphatic rings. The van der Waals surface area contributed by atoms with E-state index in [0.29, 0.717) is 0 Å². The molecule has 114 valence electrons. The van der Waals surface area contributed by atoms with Crippen LogP contribution in [0.15, 0.2) is 18.6 Å². The van der Waals surface area contributed by atoms with Crippen molar-refractivity contribution in [2.75, 3.05) is 24.5 Å². The molecule has 4 heterocycles. The van der Waals surface area contributed by atoms with E-state index < -0.39 is 0 Å². The van der Waals surface area contributed by atoms with Crippen molar-refractivity contribution in [1.82, 2.24) is 19.9 Å². The van der Waals surface area contributed by atoms with Crippen molar-refractivity contribution in [2.24, 2.45) is 0 Å². The van der Waals surface area contributed by atoms with E-state index >= 15 is 0 Å². The van der Waals surface area contributed by atoms with Gasteiger partial charge >= 0.3 is 0 Å². The van der Waals surface area contributed by atoms with Gasteiger partial charge < -0.3 is 20.2 Å². The lowest BCUT2D eigenvalue weighted by atomic mass is 9.83. The van der Waals surface area contributed by atoms with Crippen LogP contribution in [0.3, 0.4) is 0 Å². The van der Waals surface area contributed by atoms with Crippen molar-refractivity contribution in [2.45, 2.75) is 24.8 Å². The van der Waals surface area contributed by atoms with Crippen molar-refractivity contribution >= 4 is 29.0 Å². The van der Waals surface area contributed by atoms with Crippen LogP contribution < -0.4 is 4.90 Å². The Morgan fingerprint density at radius 3 is 3.05 bits per heavy atom. The van der Waals surface area contributed by atoms with Crippen molar-refractivity contribution in [3.05, 3.63) is 18.6 Å². The number of H-pyrrole nitrogens is 1. The van der Waals surface area contributed by atoms with E-state index in [2.05, 4.69) is 19.9 Å². The van der Waals surface area contributed by atoms with Crippen molar-refractivity contribution in [3.63, 3.8) is 0 Å². The minimum absolute atomic E-state index is 0.0618. The number of anilines is 1. The lowest BCUT2D eigenvalue weighted by Crippen LogP contribution is -2.63. The summed E-state index contributed by atoms with van der Waals surface area (Å²) in [6, 6.07) is 1.99. The highest BCUT2D eigenvalue weighted by molar-refractivity contribution is 5.90. The summed E-state index contributed by atoms with van der Waals surface area (Å²) in [6.45, 7) is 2.52. The zero-order valence-corrected chi connectivity index (χ0v) is 12.2. The van der Waals surface area contributed by atoms with Crippen LogP contribution in [-0.4, -0.2) is 57.1 Å². The van der Waals surface area contributed by atoms with Crippen molar-refractivity contribution in [1.29, 1.82) is 5.41 Å². The minimum atomic E-state index is -0.0618. The number of fused-ring (bicyclic) bond motifs is 1. The van der Waals surface area contributed by atoms with Gasteiger partial charge in [-0.1, -0.05) is 0 Å². The molecule has 2 aliphatic heterocycles. The van der Waals surface area contributed by atoms with E-state index in [0.717, 1.165) is 49.3 Å². The van der Waals surface area contributed by atoms with Gasteiger partial charge in [-0.2, -0.15) is 0 Å². The number of rotatable bonds is 3. The van der Waals surface area contributed by atoms with Crippen LogP contribution in [0.2, 0.25) is 0 Å². The number of nitrogens with one attached hydrogen (secondary N) is 2. The lowest BCUT2D eigenvalue weighted by Gasteiger charge is -2.50. The molecular formula is C15H18N6O. The number of hydrogen-bond acceptors (Lipinski definition) is 5. The number of aromatic nitrogens is 3. The molecule has 1 amide bonds. The molecule has 0 saturated carbocycles. The molecule has 2 saturated heterocycles. The van der Waals surface area contributed by atoms with Crippen LogP contribution in [0, 0.1) is 5.41 Å². The number of aromatic amines is 1. The molecule has 2 N–H and O–H groups in total. The molecule has 0 aliphatic carbocycles. The highest BCUT2D eigenvalue weighted by Crippen LogP contribution is 2.41. The van der Waals surface area contributed by atoms with Gasteiger partial charge in [0.05, 0.1) is 17.3 Å². The van der Waals surface area contributed by atoms with Crippen LogP contribution in [0.4, 0.5) is 5.82 Å². The van der Waals surface area contributed by atoms with Gasteiger partial charge in [0.25, 0.3) is 0 Å². The van der Waals surface area contributed by atoms with Crippen LogP contribution in [0.25, 0.3) is 11.0 Å². The Morgan fingerprint density at radius 1 is 1.41 bits per heavy atom. The first-order chi connectivity index (χ1) is 10.7. The molecule has 0 radical (unpaired) electrons. The van der Waals surface area contributed by atoms with Gasteiger partial charge in [0.15, 0.2) is 0 Å². The predicted molar refractivity (Wildman–Crippen MR) is 83.2 cm³/mol. The second-order valence-corrected chi connectivity index (χ2v) is 6.04. The molecule has 2 aromatic heterocycles. The minimum Gasteiger partial charge on any atom is -0.354 e. The Bertz CT molecular complexity index is 740. The molecule has 1 spiro atoms. The largest absolute Gasteiger partial charge is 0.354 e. The summed E-state index contributed by atoms with van der Waals surface area (Å²) in [5.74, 6) is 1.01. The fourth-order valence-corrected chi connectivity index (χ4v) is 3.70. The molecule has 4 rings (SSSR count). The second-order valence-electron chi connectivity index (χ2n) is 6.04. The molecule has 22 heavy (non-hydrogen) atoms. The summed E-state index contributed by atoms with van der Waals surface area (Å²) < 4.78 is 0. The van der Waals surface area contributed by atoms with Gasteiger partial charge in [0.2, 0.25) is 5.91 Å². The molecule has 1 atom stereocenters. The first kappa shape index (κ1) is 13.2. The summed E-state index contributed by atoms with van der Waals surface area (Å²) >= 11 is 0. The number of nitrogens with zero attached hydrogens (tertiary/aromatic N) is 4. The second kappa shape index (κ2) is 4.79. The Morgan fingerprint density at radius 2 is 2.27 bits per heavy atom. The van der Waals surface area contributed by atoms with Gasteiger partial charge in [-0.25, -0.2) is 9.97 Å². The van der Waals surface area contributed by atoms with E-state index in [1.54, 1.807) is 6.33 Å². The molecule has 0 bridgehead atoms. The Hall–Kier alpha value is -2.44. The maximum atomic E-state index is 12.1. The molecule has 2 fully saturated rings. The van der Waals surface area contributed by atoms with Gasteiger partial charge in [-0.3, -0.25) is 4.79 Å². The first-order valence-electron chi connectivity index (χ1n) is 7.56.